The predicted molar refractivity (Wildman–Crippen MR) is 94.1 cm³/mol. The Balaban J connectivity index is 1.69. The smallest absolute Gasteiger partial charge is 0.229 e. The van der Waals surface area contributed by atoms with Crippen molar-refractivity contribution >= 4 is 5.91 Å². The van der Waals surface area contributed by atoms with Crippen molar-refractivity contribution in [3.63, 3.8) is 0 Å². The van der Waals surface area contributed by atoms with Gasteiger partial charge < -0.3 is 10.6 Å². The van der Waals surface area contributed by atoms with Gasteiger partial charge >= 0.3 is 0 Å². The van der Waals surface area contributed by atoms with Crippen LogP contribution in [0.2, 0.25) is 0 Å². The summed E-state index contributed by atoms with van der Waals surface area (Å²) >= 11 is 0. The summed E-state index contributed by atoms with van der Waals surface area (Å²) in [6.45, 7) is 7.46. The zero-order valence-corrected chi connectivity index (χ0v) is 13.6. The molecule has 2 atom stereocenters. The van der Waals surface area contributed by atoms with Gasteiger partial charge in [0, 0.05) is 19.1 Å². The Morgan fingerprint density at radius 1 is 1.30 bits per heavy atom. The molecular weight excluding hydrogens is 284 g/mol. The average Bonchev–Trinajstić information content (AvgIpc) is 2.96. The van der Waals surface area contributed by atoms with Gasteiger partial charge in [-0.1, -0.05) is 49.1 Å². The van der Waals surface area contributed by atoms with Crippen molar-refractivity contribution in [2.45, 2.75) is 38.3 Å². The Bertz CT molecular complexity index is 672. The van der Waals surface area contributed by atoms with E-state index in [1.165, 1.54) is 16.7 Å². The number of fused-ring (bicyclic) bond motifs is 1. The summed E-state index contributed by atoms with van der Waals surface area (Å²) in [6, 6.07) is 8.39. The minimum Gasteiger partial charge on any atom is -0.352 e. The molecule has 1 heterocycles. The van der Waals surface area contributed by atoms with E-state index in [2.05, 4.69) is 35.4 Å². The summed E-state index contributed by atoms with van der Waals surface area (Å²) in [5.74, 6) is 0.0256. The van der Waals surface area contributed by atoms with Crippen LogP contribution in [0.3, 0.4) is 0 Å². The third-order valence-electron chi connectivity index (χ3n) is 4.72. The van der Waals surface area contributed by atoms with Crippen LogP contribution in [0.15, 0.2) is 60.2 Å². The molecule has 0 saturated heterocycles. The van der Waals surface area contributed by atoms with Crippen LogP contribution in [0.4, 0.5) is 0 Å². The number of rotatable bonds is 4. The van der Waals surface area contributed by atoms with E-state index in [-0.39, 0.29) is 17.9 Å². The SMILES string of the molecule is C=CC1=C(/C=C\C)CC(NC(=O)C2CNCc3ccccc32)C1. The summed E-state index contributed by atoms with van der Waals surface area (Å²) < 4.78 is 0. The highest BCUT2D eigenvalue weighted by atomic mass is 16.2. The zero-order valence-electron chi connectivity index (χ0n) is 13.6. The lowest BCUT2D eigenvalue weighted by atomic mass is 9.90. The monoisotopic (exact) mass is 308 g/mol. The lowest BCUT2D eigenvalue weighted by Crippen LogP contribution is -2.42. The third-order valence-corrected chi connectivity index (χ3v) is 4.72. The van der Waals surface area contributed by atoms with E-state index in [4.69, 9.17) is 0 Å². The summed E-state index contributed by atoms with van der Waals surface area (Å²) in [5, 5.41) is 6.59. The predicted octanol–water partition coefficient (Wildman–Crippen LogP) is 3.21. The summed E-state index contributed by atoms with van der Waals surface area (Å²) in [4.78, 5) is 12.8. The van der Waals surface area contributed by atoms with Gasteiger partial charge in [-0.15, -0.1) is 0 Å². The van der Waals surface area contributed by atoms with Gasteiger partial charge in [0.1, 0.15) is 0 Å². The highest BCUT2D eigenvalue weighted by Crippen LogP contribution is 2.30. The Hall–Kier alpha value is -2.13. The van der Waals surface area contributed by atoms with E-state index in [1.807, 2.05) is 31.2 Å². The van der Waals surface area contributed by atoms with Crippen LogP contribution in [-0.2, 0) is 11.3 Å². The van der Waals surface area contributed by atoms with Crippen molar-refractivity contribution in [2.24, 2.45) is 0 Å². The van der Waals surface area contributed by atoms with E-state index in [0.717, 1.165) is 24.9 Å². The number of benzene rings is 1. The lowest BCUT2D eigenvalue weighted by Gasteiger charge is -2.27. The third kappa shape index (κ3) is 3.30. The first kappa shape index (κ1) is 15.8. The molecule has 120 valence electrons. The average molecular weight is 308 g/mol. The first-order valence-corrected chi connectivity index (χ1v) is 8.29. The molecule has 3 rings (SSSR count). The largest absolute Gasteiger partial charge is 0.352 e. The molecule has 0 aromatic heterocycles. The van der Waals surface area contributed by atoms with E-state index in [0.29, 0.717) is 6.54 Å². The van der Waals surface area contributed by atoms with Crippen molar-refractivity contribution in [1.29, 1.82) is 0 Å². The topological polar surface area (TPSA) is 41.1 Å². The number of carbonyl (C=O) groups excluding carboxylic acids is 1. The van der Waals surface area contributed by atoms with Gasteiger partial charge in [0.2, 0.25) is 5.91 Å². The standard InChI is InChI=1S/C20H24N2O/c1-3-7-15-11-17(10-14(15)4-2)22-20(23)19-13-21-12-16-8-5-6-9-18(16)19/h3-9,17,19,21H,2,10-13H2,1H3,(H,22,23)/b7-3-. The molecule has 2 aliphatic rings. The second kappa shape index (κ2) is 6.97. The minimum absolute atomic E-state index is 0.0992. The highest BCUT2D eigenvalue weighted by molar-refractivity contribution is 5.85. The molecule has 1 aromatic rings. The van der Waals surface area contributed by atoms with Crippen molar-refractivity contribution in [2.75, 3.05) is 6.54 Å². The first-order valence-electron chi connectivity index (χ1n) is 8.29. The van der Waals surface area contributed by atoms with Gasteiger partial charge in [-0.05, 0) is 42.0 Å². The van der Waals surface area contributed by atoms with E-state index in [9.17, 15) is 4.79 Å². The number of allylic oxidation sites excluding steroid dienone is 3. The van der Waals surface area contributed by atoms with E-state index < -0.39 is 0 Å². The van der Waals surface area contributed by atoms with Gasteiger partial charge in [0.15, 0.2) is 0 Å². The molecule has 3 heteroatoms. The molecule has 2 unspecified atom stereocenters. The van der Waals surface area contributed by atoms with Crippen molar-refractivity contribution in [1.82, 2.24) is 10.6 Å². The van der Waals surface area contributed by atoms with Crippen LogP contribution < -0.4 is 10.6 Å². The maximum atomic E-state index is 12.8. The number of hydrogen-bond acceptors (Lipinski definition) is 2. The second-order valence-corrected chi connectivity index (χ2v) is 6.25. The summed E-state index contributed by atoms with van der Waals surface area (Å²) in [6.07, 6.45) is 7.85. The van der Waals surface area contributed by atoms with Gasteiger partial charge in [-0.3, -0.25) is 4.79 Å². The number of amides is 1. The summed E-state index contributed by atoms with van der Waals surface area (Å²) in [5.41, 5.74) is 4.92. The van der Waals surface area contributed by atoms with E-state index >= 15 is 0 Å². The molecule has 2 N–H and O–H groups in total. The van der Waals surface area contributed by atoms with E-state index in [1.54, 1.807) is 0 Å². The second-order valence-electron chi connectivity index (χ2n) is 6.25. The molecule has 1 aromatic carbocycles. The van der Waals surface area contributed by atoms with Crippen LogP contribution in [-0.4, -0.2) is 18.5 Å². The Labute approximate surface area is 138 Å². The van der Waals surface area contributed by atoms with Crippen molar-refractivity contribution in [3.05, 3.63) is 71.3 Å². The Kier molecular flexibility index (Phi) is 4.77. The van der Waals surface area contributed by atoms with Gasteiger partial charge in [0.05, 0.1) is 5.92 Å². The molecule has 1 amide bonds. The molecule has 0 fully saturated rings. The number of hydrogen-bond donors (Lipinski definition) is 2. The Morgan fingerprint density at radius 2 is 2.09 bits per heavy atom. The molecule has 0 bridgehead atoms. The molecule has 1 aliphatic carbocycles. The lowest BCUT2D eigenvalue weighted by molar-refractivity contribution is -0.123. The van der Waals surface area contributed by atoms with Gasteiger partial charge in [-0.25, -0.2) is 0 Å². The Morgan fingerprint density at radius 3 is 2.87 bits per heavy atom. The normalized spacial score (nSPS) is 23.9. The van der Waals surface area contributed by atoms with Crippen molar-refractivity contribution in [3.8, 4) is 0 Å². The minimum atomic E-state index is -0.0992. The van der Waals surface area contributed by atoms with Gasteiger partial charge in [0.25, 0.3) is 0 Å². The van der Waals surface area contributed by atoms with Crippen LogP contribution in [0.25, 0.3) is 0 Å². The fraction of sp³-hybridized carbons (Fsp3) is 0.350. The highest BCUT2D eigenvalue weighted by Gasteiger charge is 2.29. The quantitative estimate of drug-likeness (QED) is 0.897. The molecular formula is C20H24N2O. The maximum Gasteiger partial charge on any atom is 0.229 e. The van der Waals surface area contributed by atoms with Crippen LogP contribution in [0.1, 0.15) is 36.8 Å². The molecule has 23 heavy (non-hydrogen) atoms. The molecule has 0 spiro atoms. The van der Waals surface area contributed by atoms with Crippen LogP contribution >= 0.6 is 0 Å². The van der Waals surface area contributed by atoms with Crippen LogP contribution in [0.5, 0.6) is 0 Å². The van der Waals surface area contributed by atoms with Crippen molar-refractivity contribution < 1.29 is 4.79 Å². The molecule has 3 nitrogen and oxygen atoms in total. The number of nitrogens with one attached hydrogen (secondary N) is 2. The van der Waals surface area contributed by atoms with Gasteiger partial charge in [-0.2, -0.15) is 0 Å². The van der Waals surface area contributed by atoms with Crippen LogP contribution in [0, 0.1) is 0 Å². The fourth-order valence-corrected chi connectivity index (χ4v) is 3.59. The molecule has 1 aliphatic heterocycles. The summed E-state index contributed by atoms with van der Waals surface area (Å²) in [7, 11) is 0. The number of carbonyl (C=O) groups is 1. The maximum absolute atomic E-state index is 12.8. The molecule has 0 saturated carbocycles. The first-order chi connectivity index (χ1) is 11.2. The zero-order chi connectivity index (χ0) is 16.2. The fourth-order valence-electron chi connectivity index (χ4n) is 3.59. The molecule has 0 radical (unpaired) electrons.